The van der Waals surface area contributed by atoms with E-state index < -0.39 is 0 Å². The molecule has 0 saturated heterocycles. The Kier molecular flexibility index (Phi) is 6.51. The van der Waals surface area contributed by atoms with Crippen molar-refractivity contribution in [3.63, 3.8) is 0 Å². The zero-order chi connectivity index (χ0) is 21.6. The van der Waals surface area contributed by atoms with E-state index in [2.05, 4.69) is 36.4 Å². The van der Waals surface area contributed by atoms with Crippen molar-refractivity contribution in [3.05, 3.63) is 76.9 Å². The summed E-state index contributed by atoms with van der Waals surface area (Å²) in [5.41, 5.74) is 5.04. The van der Waals surface area contributed by atoms with Crippen LogP contribution < -0.4 is 23.7 Å². The summed E-state index contributed by atoms with van der Waals surface area (Å²) in [5, 5.41) is 0. The molecule has 0 spiro atoms. The third kappa shape index (κ3) is 4.88. The van der Waals surface area contributed by atoms with Crippen LogP contribution in [0.3, 0.4) is 0 Å². The molecule has 162 valence electrons. The van der Waals surface area contributed by atoms with E-state index in [-0.39, 0.29) is 0 Å². The topological polar surface area (TPSA) is 46.2 Å². The van der Waals surface area contributed by atoms with Crippen molar-refractivity contribution < 1.29 is 23.7 Å². The van der Waals surface area contributed by atoms with E-state index in [1.165, 1.54) is 22.3 Å². The summed E-state index contributed by atoms with van der Waals surface area (Å²) in [7, 11) is 5.04. The number of methoxy groups -OCH3 is 3. The van der Waals surface area contributed by atoms with Crippen LogP contribution in [0.4, 0.5) is 0 Å². The number of rotatable bonds is 9. The summed E-state index contributed by atoms with van der Waals surface area (Å²) in [4.78, 5) is 0. The molecular weight excluding hydrogens is 392 g/mol. The molecule has 31 heavy (non-hydrogen) atoms. The van der Waals surface area contributed by atoms with Gasteiger partial charge in [0.2, 0.25) is 6.79 Å². The fourth-order valence-corrected chi connectivity index (χ4v) is 3.88. The maximum absolute atomic E-state index is 5.56. The Morgan fingerprint density at radius 3 is 1.81 bits per heavy atom. The van der Waals surface area contributed by atoms with Crippen molar-refractivity contribution in [2.45, 2.75) is 25.7 Å². The predicted octanol–water partition coefficient (Wildman–Crippen LogP) is 5.01. The van der Waals surface area contributed by atoms with Crippen LogP contribution in [0.25, 0.3) is 0 Å². The number of fused-ring (bicyclic) bond motifs is 1. The van der Waals surface area contributed by atoms with Gasteiger partial charge in [-0.15, -0.1) is 0 Å². The first-order chi connectivity index (χ1) is 15.2. The van der Waals surface area contributed by atoms with Gasteiger partial charge >= 0.3 is 0 Å². The minimum absolute atomic E-state index is 0.296. The molecule has 0 fully saturated rings. The van der Waals surface area contributed by atoms with E-state index in [1.54, 1.807) is 21.3 Å². The van der Waals surface area contributed by atoms with E-state index >= 15 is 0 Å². The van der Waals surface area contributed by atoms with Crippen LogP contribution in [0.1, 0.15) is 22.3 Å². The maximum Gasteiger partial charge on any atom is 0.231 e. The summed E-state index contributed by atoms with van der Waals surface area (Å²) in [6, 6.07) is 18.6. The lowest BCUT2D eigenvalue weighted by atomic mass is 9.94. The molecule has 0 N–H and O–H groups in total. The summed E-state index contributed by atoms with van der Waals surface area (Å²) in [6.45, 7) is 0.296. The fourth-order valence-electron chi connectivity index (χ4n) is 3.88. The Labute approximate surface area is 183 Å². The average molecular weight is 421 g/mol. The quantitative estimate of drug-likeness (QED) is 0.487. The summed E-state index contributed by atoms with van der Waals surface area (Å²) < 4.78 is 27.3. The van der Waals surface area contributed by atoms with Crippen molar-refractivity contribution >= 4 is 0 Å². The van der Waals surface area contributed by atoms with E-state index in [0.29, 0.717) is 6.79 Å². The van der Waals surface area contributed by atoms with Crippen LogP contribution in [0.2, 0.25) is 0 Å². The van der Waals surface area contributed by atoms with Gasteiger partial charge in [-0.1, -0.05) is 18.2 Å². The molecule has 3 aromatic carbocycles. The third-order valence-electron chi connectivity index (χ3n) is 5.67. The fraction of sp³-hybridized carbons (Fsp3) is 0.308. The number of ether oxygens (including phenoxy) is 5. The predicted molar refractivity (Wildman–Crippen MR) is 120 cm³/mol. The molecule has 1 aliphatic rings. The Hall–Kier alpha value is -3.34. The summed E-state index contributed by atoms with van der Waals surface area (Å²) in [6.07, 6.45) is 3.67. The molecule has 0 saturated carbocycles. The molecule has 0 aromatic heterocycles. The molecule has 3 aromatic rings. The van der Waals surface area contributed by atoms with Crippen molar-refractivity contribution in [1.29, 1.82) is 0 Å². The molecular formula is C26H28O5. The maximum atomic E-state index is 5.56. The van der Waals surface area contributed by atoms with Gasteiger partial charge in [0.1, 0.15) is 5.75 Å². The minimum Gasteiger partial charge on any atom is -0.497 e. The van der Waals surface area contributed by atoms with Gasteiger partial charge in [-0.25, -0.2) is 0 Å². The van der Waals surface area contributed by atoms with Crippen LogP contribution in [0.5, 0.6) is 28.7 Å². The molecule has 5 heteroatoms. The molecule has 0 aliphatic carbocycles. The molecule has 0 radical (unpaired) electrons. The lowest BCUT2D eigenvalue weighted by Crippen LogP contribution is -2.02. The van der Waals surface area contributed by atoms with E-state index in [0.717, 1.165) is 54.4 Å². The number of benzene rings is 3. The van der Waals surface area contributed by atoms with Gasteiger partial charge in [0.25, 0.3) is 0 Å². The summed E-state index contributed by atoms with van der Waals surface area (Å²) in [5.74, 6) is 4.04. The van der Waals surface area contributed by atoms with E-state index in [1.807, 2.05) is 18.2 Å². The first kappa shape index (κ1) is 20.9. The van der Waals surface area contributed by atoms with Crippen molar-refractivity contribution in [3.8, 4) is 28.7 Å². The van der Waals surface area contributed by atoms with Crippen LogP contribution in [-0.4, -0.2) is 28.1 Å². The number of hydrogen-bond donors (Lipinski definition) is 0. The Morgan fingerprint density at radius 1 is 0.613 bits per heavy atom. The SMILES string of the molecule is COc1ccc(CCc2cc(OC)c(OC)cc2CCc2ccc3c(c2)OCO3)cc1. The van der Waals surface area contributed by atoms with Gasteiger partial charge in [0.05, 0.1) is 21.3 Å². The zero-order valence-corrected chi connectivity index (χ0v) is 18.3. The molecule has 0 unspecified atom stereocenters. The Morgan fingerprint density at radius 2 is 1.19 bits per heavy atom. The van der Waals surface area contributed by atoms with Gasteiger partial charge in [-0.3, -0.25) is 0 Å². The van der Waals surface area contributed by atoms with Crippen molar-refractivity contribution in [2.75, 3.05) is 28.1 Å². The van der Waals surface area contributed by atoms with Gasteiger partial charge in [-0.05, 0) is 84.3 Å². The molecule has 0 amide bonds. The Balaban J connectivity index is 1.52. The highest BCUT2D eigenvalue weighted by Crippen LogP contribution is 2.34. The normalized spacial score (nSPS) is 12.0. The smallest absolute Gasteiger partial charge is 0.231 e. The van der Waals surface area contributed by atoms with Crippen molar-refractivity contribution in [2.24, 2.45) is 0 Å². The van der Waals surface area contributed by atoms with Crippen LogP contribution in [-0.2, 0) is 25.7 Å². The lowest BCUT2D eigenvalue weighted by Gasteiger charge is -2.15. The van der Waals surface area contributed by atoms with Crippen LogP contribution in [0.15, 0.2) is 54.6 Å². The highest BCUT2D eigenvalue weighted by atomic mass is 16.7. The molecule has 4 rings (SSSR count). The van der Waals surface area contributed by atoms with E-state index in [4.69, 9.17) is 23.7 Å². The molecule has 1 heterocycles. The highest BCUT2D eigenvalue weighted by molar-refractivity contribution is 5.49. The lowest BCUT2D eigenvalue weighted by molar-refractivity contribution is 0.174. The molecule has 1 aliphatic heterocycles. The van der Waals surface area contributed by atoms with Gasteiger partial charge in [0.15, 0.2) is 23.0 Å². The van der Waals surface area contributed by atoms with E-state index in [9.17, 15) is 0 Å². The first-order valence-corrected chi connectivity index (χ1v) is 10.5. The molecule has 0 atom stereocenters. The highest BCUT2D eigenvalue weighted by Gasteiger charge is 2.15. The third-order valence-corrected chi connectivity index (χ3v) is 5.67. The first-order valence-electron chi connectivity index (χ1n) is 10.5. The summed E-state index contributed by atoms with van der Waals surface area (Å²) >= 11 is 0. The van der Waals surface area contributed by atoms with Gasteiger partial charge in [0, 0.05) is 0 Å². The second kappa shape index (κ2) is 9.65. The Bertz CT molecular complexity index is 1030. The minimum atomic E-state index is 0.296. The largest absolute Gasteiger partial charge is 0.497 e. The second-order valence-corrected chi connectivity index (χ2v) is 7.51. The van der Waals surface area contributed by atoms with Crippen LogP contribution >= 0.6 is 0 Å². The van der Waals surface area contributed by atoms with Crippen LogP contribution in [0, 0.1) is 0 Å². The number of hydrogen-bond acceptors (Lipinski definition) is 5. The number of aryl methyl sites for hydroxylation is 4. The average Bonchev–Trinajstić information content (AvgIpc) is 3.29. The van der Waals surface area contributed by atoms with Gasteiger partial charge < -0.3 is 23.7 Å². The van der Waals surface area contributed by atoms with Gasteiger partial charge in [-0.2, -0.15) is 0 Å². The standard InChI is InChI=1S/C26H28O5/c1-27-22-11-6-18(7-12-22)4-9-20-15-24(28-2)25(29-3)16-21(20)10-5-19-8-13-23-26(14-19)31-17-30-23/h6-8,11-16H,4-5,9-10,17H2,1-3H3. The van der Waals surface area contributed by atoms with Crippen molar-refractivity contribution in [1.82, 2.24) is 0 Å². The monoisotopic (exact) mass is 420 g/mol. The molecule has 0 bridgehead atoms. The molecule has 5 nitrogen and oxygen atoms in total. The zero-order valence-electron chi connectivity index (χ0n) is 18.3. The second-order valence-electron chi connectivity index (χ2n) is 7.51.